The van der Waals surface area contributed by atoms with Gasteiger partial charge in [0.1, 0.15) is 0 Å². The fraction of sp³-hybridized carbons (Fsp3) is 0.385. The molecule has 7 heteroatoms. The molecule has 1 aromatic carbocycles. The van der Waals surface area contributed by atoms with Gasteiger partial charge in [0, 0.05) is 12.2 Å². The normalized spacial score (nSPS) is 19.1. The summed E-state index contributed by atoms with van der Waals surface area (Å²) in [7, 11) is 0. The molecule has 1 unspecified atom stereocenters. The molecule has 1 aliphatic rings. The van der Waals surface area contributed by atoms with Gasteiger partial charge >= 0.3 is 0 Å². The van der Waals surface area contributed by atoms with Gasteiger partial charge in [0.25, 0.3) is 5.56 Å². The maximum absolute atomic E-state index is 12.0. The van der Waals surface area contributed by atoms with Gasteiger partial charge in [0.05, 0.1) is 36.8 Å². The summed E-state index contributed by atoms with van der Waals surface area (Å²) in [6.07, 6.45) is -0.0313. The fourth-order valence-corrected chi connectivity index (χ4v) is 2.10. The van der Waals surface area contributed by atoms with E-state index in [9.17, 15) is 4.79 Å². The standard InChI is InChI=1S/C13H16N4O3/c14-8-1-2-11-10(5-8)12(18)17-13(16-11)15-6-9-7-19-3-4-20-9/h1-2,5,9H,3-4,6-7,14H2,(H2,15,16,17,18). The number of hydrogen-bond donors (Lipinski definition) is 3. The summed E-state index contributed by atoms with van der Waals surface area (Å²) in [5.41, 5.74) is 6.59. The van der Waals surface area contributed by atoms with Crippen LogP contribution in [0.1, 0.15) is 0 Å². The number of nitrogen functional groups attached to an aromatic ring is 1. The molecule has 1 saturated heterocycles. The van der Waals surface area contributed by atoms with Crippen LogP contribution in [0.2, 0.25) is 0 Å². The molecule has 0 amide bonds. The summed E-state index contributed by atoms with van der Waals surface area (Å²) < 4.78 is 10.8. The molecule has 20 heavy (non-hydrogen) atoms. The molecule has 0 radical (unpaired) electrons. The topological polar surface area (TPSA) is 102 Å². The minimum absolute atomic E-state index is 0.0313. The summed E-state index contributed by atoms with van der Waals surface area (Å²) in [6, 6.07) is 5.06. The maximum Gasteiger partial charge on any atom is 0.260 e. The van der Waals surface area contributed by atoms with Crippen LogP contribution in [-0.2, 0) is 9.47 Å². The number of H-pyrrole nitrogens is 1. The first kappa shape index (κ1) is 12.9. The van der Waals surface area contributed by atoms with Gasteiger partial charge in [-0.2, -0.15) is 0 Å². The number of nitrogens with one attached hydrogen (secondary N) is 2. The Morgan fingerprint density at radius 2 is 2.35 bits per heavy atom. The first-order valence-corrected chi connectivity index (χ1v) is 6.45. The number of aromatic amines is 1. The van der Waals surface area contributed by atoms with E-state index in [-0.39, 0.29) is 11.7 Å². The predicted octanol–water partition coefficient (Wildman–Crippen LogP) is 0.333. The van der Waals surface area contributed by atoms with Crippen molar-refractivity contribution in [1.29, 1.82) is 0 Å². The van der Waals surface area contributed by atoms with Crippen LogP contribution in [-0.4, -0.2) is 42.4 Å². The average molecular weight is 276 g/mol. The largest absolute Gasteiger partial charge is 0.399 e. The van der Waals surface area contributed by atoms with Crippen LogP contribution in [0.25, 0.3) is 10.9 Å². The number of fused-ring (bicyclic) bond motifs is 1. The third-order valence-corrected chi connectivity index (χ3v) is 3.11. The summed E-state index contributed by atoms with van der Waals surface area (Å²) in [4.78, 5) is 19.0. The molecular formula is C13H16N4O3. The zero-order chi connectivity index (χ0) is 13.9. The van der Waals surface area contributed by atoms with Crippen LogP contribution < -0.4 is 16.6 Å². The van der Waals surface area contributed by atoms with Gasteiger partial charge in [-0.25, -0.2) is 4.98 Å². The molecule has 7 nitrogen and oxygen atoms in total. The van der Waals surface area contributed by atoms with Gasteiger partial charge < -0.3 is 20.5 Å². The molecule has 0 saturated carbocycles. The van der Waals surface area contributed by atoms with E-state index >= 15 is 0 Å². The zero-order valence-electron chi connectivity index (χ0n) is 10.9. The number of nitrogens with zero attached hydrogens (tertiary/aromatic N) is 1. The van der Waals surface area contributed by atoms with Crippen molar-refractivity contribution in [2.75, 3.05) is 37.4 Å². The van der Waals surface area contributed by atoms with Gasteiger partial charge in [-0.1, -0.05) is 0 Å². The molecule has 106 valence electrons. The molecule has 1 aliphatic heterocycles. The molecule has 0 spiro atoms. The third-order valence-electron chi connectivity index (χ3n) is 3.11. The van der Waals surface area contributed by atoms with Crippen molar-refractivity contribution in [2.24, 2.45) is 0 Å². The van der Waals surface area contributed by atoms with Gasteiger partial charge in [-0.15, -0.1) is 0 Å². The predicted molar refractivity (Wildman–Crippen MR) is 75.8 cm³/mol. The first-order valence-electron chi connectivity index (χ1n) is 6.45. The number of rotatable bonds is 3. The number of anilines is 2. The summed E-state index contributed by atoms with van der Waals surface area (Å²) in [5, 5.41) is 3.54. The Bertz CT molecular complexity index is 664. The van der Waals surface area contributed by atoms with Gasteiger partial charge in [0.15, 0.2) is 0 Å². The minimum atomic E-state index is -0.217. The quantitative estimate of drug-likeness (QED) is 0.698. The van der Waals surface area contributed by atoms with Gasteiger partial charge in [-0.3, -0.25) is 9.78 Å². The van der Waals surface area contributed by atoms with Crippen LogP contribution in [0, 0.1) is 0 Å². The van der Waals surface area contributed by atoms with E-state index in [0.29, 0.717) is 48.9 Å². The lowest BCUT2D eigenvalue weighted by Crippen LogP contribution is -2.34. The Hall–Kier alpha value is -2.12. The smallest absolute Gasteiger partial charge is 0.260 e. The van der Waals surface area contributed by atoms with E-state index < -0.39 is 0 Å². The Kier molecular flexibility index (Phi) is 3.53. The van der Waals surface area contributed by atoms with Crippen molar-refractivity contribution < 1.29 is 9.47 Å². The van der Waals surface area contributed by atoms with Gasteiger partial charge in [-0.05, 0) is 18.2 Å². The lowest BCUT2D eigenvalue weighted by Gasteiger charge is -2.23. The minimum Gasteiger partial charge on any atom is -0.399 e. The molecule has 2 aromatic rings. The van der Waals surface area contributed by atoms with E-state index in [1.54, 1.807) is 18.2 Å². The molecule has 1 atom stereocenters. The molecular weight excluding hydrogens is 260 g/mol. The molecule has 2 heterocycles. The second-order valence-corrected chi connectivity index (χ2v) is 4.64. The van der Waals surface area contributed by atoms with E-state index in [4.69, 9.17) is 15.2 Å². The number of benzene rings is 1. The Morgan fingerprint density at radius 1 is 1.45 bits per heavy atom. The highest BCUT2D eigenvalue weighted by Crippen LogP contribution is 2.13. The molecule has 4 N–H and O–H groups in total. The van der Waals surface area contributed by atoms with Crippen LogP contribution in [0.4, 0.5) is 11.6 Å². The van der Waals surface area contributed by atoms with Crippen LogP contribution in [0.15, 0.2) is 23.0 Å². The Balaban J connectivity index is 1.78. The Morgan fingerprint density at radius 3 is 3.15 bits per heavy atom. The van der Waals surface area contributed by atoms with Gasteiger partial charge in [0.2, 0.25) is 5.95 Å². The van der Waals surface area contributed by atoms with E-state index in [1.165, 1.54) is 0 Å². The lowest BCUT2D eigenvalue weighted by molar-refractivity contribution is -0.0819. The van der Waals surface area contributed by atoms with Crippen molar-refractivity contribution in [2.45, 2.75) is 6.10 Å². The molecule has 1 fully saturated rings. The molecule has 0 bridgehead atoms. The van der Waals surface area contributed by atoms with Crippen molar-refractivity contribution >= 4 is 22.5 Å². The zero-order valence-corrected chi connectivity index (χ0v) is 10.9. The number of hydrogen-bond acceptors (Lipinski definition) is 6. The summed E-state index contributed by atoms with van der Waals surface area (Å²) in [5.74, 6) is 0.418. The first-order chi connectivity index (χ1) is 9.72. The number of ether oxygens (including phenoxy) is 2. The van der Waals surface area contributed by atoms with E-state index in [2.05, 4.69) is 15.3 Å². The SMILES string of the molecule is Nc1ccc2nc(NCC3COCCO3)[nH]c(=O)c2c1. The molecule has 3 rings (SSSR count). The monoisotopic (exact) mass is 276 g/mol. The molecule has 1 aromatic heterocycles. The second-order valence-electron chi connectivity index (χ2n) is 4.64. The van der Waals surface area contributed by atoms with Crippen LogP contribution in [0.5, 0.6) is 0 Å². The van der Waals surface area contributed by atoms with Crippen molar-refractivity contribution in [3.63, 3.8) is 0 Å². The van der Waals surface area contributed by atoms with Crippen LogP contribution in [0.3, 0.4) is 0 Å². The second kappa shape index (κ2) is 5.48. The van der Waals surface area contributed by atoms with E-state index in [1.807, 2.05) is 0 Å². The maximum atomic E-state index is 12.0. The van der Waals surface area contributed by atoms with E-state index in [0.717, 1.165) is 0 Å². The third kappa shape index (κ3) is 2.73. The van der Waals surface area contributed by atoms with Crippen molar-refractivity contribution in [3.8, 4) is 0 Å². The molecule has 0 aliphatic carbocycles. The number of aromatic nitrogens is 2. The average Bonchev–Trinajstić information content (AvgIpc) is 2.47. The fourth-order valence-electron chi connectivity index (χ4n) is 2.10. The summed E-state index contributed by atoms with van der Waals surface area (Å²) >= 11 is 0. The van der Waals surface area contributed by atoms with Crippen molar-refractivity contribution in [3.05, 3.63) is 28.6 Å². The summed E-state index contributed by atoms with van der Waals surface area (Å²) in [6.45, 7) is 2.29. The Labute approximate surface area is 115 Å². The van der Waals surface area contributed by atoms with Crippen LogP contribution >= 0.6 is 0 Å². The highest BCUT2D eigenvalue weighted by atomic mass is 16.6. The highest BCUT2D eigenvalue weighted by Gasteiger charge is 2.14. The van der Waals surface area contributed by atoms with Crippen molar-refractivity contribution in [1.82, 2.24) is 9.97 Å². The highest BCUT2D eigenvalue weighted by molar-refractivity contribution is 5.81. The lowest BCUT2D eigenvalue weighted by atomic mass is 10.2. The number of nitrogens with two attached hydrogens (primary N) is 1.